The molecule has 4 rings (SSSR count). The summed E-state index contributed by atoms with van der Waals surface area (Å²) in [6.45, 7) is 4.06. The lowest BCUT2D eigenvalue weighted by Crippen LogP contribution is -2.37. The highest BCUT2D eigenvalue weighted by molar-refractivity contribution is 6.36. The lowest BCUT2D eigenvalue weighted by atomic mass is 9.98. The number of rotatable bonds is 9. The first-order chi connectivity index (χ1) is 15.6. The first-order valence-electron chi connectivity index (χ1n) is 11.8. The predicted octanol–water partition coefficient (Wildman–Crippen LogP) is 5.84. The molecule has 0 atom stereocenters. The van der Waals surface area contributed by atoms with Crippen molar-refractivity contribution in [2.45, 2.75) is 58.4 Å². The number of carbonyl (C=O) groups is 2. The summed E-state index contributed by atoms with van der Waals surface area (Å²) < 4.78 is 0. The van der Waals surface area contributed by atoms with E-state index in [1.54, 1.807) is 12.1 Å². The quantitative estimate of drug-likeness (QED) is 0.356. The third kappa shape index (κ3) is 4.75. The molecule has 168 valence electrons. The highest BCUT2D eigenvalue weighted by atomic mass is 35.5. The van der Waals surface area contributed by atoms with E-state index in [2.05, 4.69) is 30.0 Å². The van der Waals surface area contributed by atoms with Gasteiger partial charge in [-0.25, -0.2) is 0 Å². The van der Waals surface area contributed by atoms with Gasteiger partial charge in [0, 0.05) is 24.7 Å². The summed E-state index contributed by atoms with van der Waals surface area (Å²) in [4.78, 5) is 30.5. The second-order valence-electron chi connectivity index (χ2n) is 8.70. The van der Waals surface area contributed by atoms with Crippen molar-refractivity contribution in [2.24, 2.45) is 0 Å². The first-order valence-corrected chi connectivity index (χ1v) is 12.2. The number of benzene rings is 2. The van der Waals surface area contributed by atoms with Crippen LogP contribution in [0.5, 0.6) is 0 Å². The van der Waals surface area contributed by atoms with E-state index in [4.69, 9.17) is 11.6 Å². The molecule has 4 nitrogen and oxygen atoms in total. The summed E-state index contributed by atoms with van der Waals surface area (Å²) >= 11 is 6.09. The molecule has 0 fully saturated rings. The third-order valence-electron chi connectivity index (χ3n) is 6.46. The van der Waals surface area contributed by atoms with Crippen LogP contribution < -0.4 is 0 Å². The van der Waals surface area contributed by atoms with Gasteiger partial charge in [0.2, 0.25) is 0 Å². The molecule has 0 N–H and O–H groups in total. The molecule has 32 heavy (non-hydrogen) atoms. The Hall–Kier alpha value is -2.59. The van der Waals surface area contributed by atoms with E-state index < -0.39 is 0 Å². The zero-order chi connectivity index (χ0) is 22.5. The number of halogens is 1. The van der Waals surface area contributed by atoms with Crippen molar-refractivity contribution in [2.75, 3.05) is 13.1 Å². The standard InChI is InChI=1S/C27H31ClN2O2/c1-2-3-4-5-6-9-17-30-26(31)24(21-12-14-23(28)15-13-21)25(27(30)32)29-18-16-20-10-7-8-11-22(20)19-29/h7-8,10-15H,2-6,9,16-19H2,1H3. The van der Waals surface area contributed by atoms with Gasteiger partial charge in [0.25, 0.3) is 11.8 Å². The molecule has 0 aromatic heterocycles. The van der Waals surface area contributed by atoms with Gasteiger partial charge >= 0.3 is 0 Å². The summed E-state index contributed by atoms with van der Waals surface area (Å²) in [5, 5.41) is 0.614. The summed E-state index contributed by atoms with van der Waals surface area (Å²) in [5.41, 5.74) is 4.34. The van der Waals surface area contributed by atoms with E-state index >= 15 is 0 Å². The van der Waals surface area contributed by atoms with Gasteiger partial charge in [-0.3, -0.25) is 14.5 Å². The monoisotopic (exact) mass is 450 g/mol. The van der Waals surface area contributed by atoms with Crippen LogP contribution in [-0.4, -0.2) is 34.7 Å². The second-order valence-corrected chi connectivity index (χ2v) is 9.14. The van der Waals surface area contributed by atoms with Gasteiger partial charge in [-0.05, 0) is 41.7 Å². The van der Waals surface area contributed by atoms with Crippen molar-refractivity contribution in [1.29, 1.82) is 0 Å². The van der Waals surface area contributed by atoms with Crippen LogP contribution in [0.2, 0.25) is 5.02 Å². The number of imide groups is 1. The lowest BCUT2D eigenvalue weighted by molar-refractivity contribution is -0.137. The minimum absolute atomic E-state index is 0.159. The highest BCUT2D eigenvalue weighted by Crippen LogP contribution is 2.35. The maximum atomic E-state index is 13.5. The van der Waals surface area contributed by atoms with Gasteiger partial charge < -0.3 is 4.90 Å². The first kappa shape index (κ1) is 22.6. The van der Waals surface area contributed by atoms with Crippen LogP contribution in [0.4, 0.5) is 0 Å². The van der Waals surface area contributed by atoms with E-state index in [9.17, 15) is 9.59 Å². The fourth-order valence-corrected chi connectivity index (χ4v) is 4.80. The van der Waals surface area contributed by atoms with Crippen molar-refractivity contribution in [3.05, 3.63) is 75.9 Å². The number of unbranched alkanes of at least 4 members (excludes halogenated alkanes) is 5. The van der Waals surface area contributed by atoms with Crippen LogP contribution in [0.15, 0.2) is 54.2 Å². The van der Waals surface area contributed by atoms with Crippen LogP contribution in [0.3, 0.4) is 0 Å². The van der Waals surface area contributed by atoms with Gasteiger partial charge in [-0.2, -0.15) is 0 Å². The van der Waals surface area contributed by atoms with E-state index in [0.717, 1.165) is 37.8 Å². The Bertz CT molecular complexity index is 1010. The molecule has 0 saturated carbocycles. The molecule has 2 aromatic rings. The van der Waals surface area contributed by atoms with E-state index in [-0.39, 0.29) is 11.8 Å². The van der Waals surface area contributed by atoms with E-state index in [1.165, 1.54) is 35.3 Å². The van der Waals surface area contributed by atoms with Gasteiger partial charge in [-0.1, -0.05) is 87.0 Å². The average molecular weight is 451 g/mol. The molecule has 2 aromatic carbocycles. The molecular formula is C27H31ClN2O2. The lowest BCUT2D eigenvalue weighted by Gasteiger charge is -2.31. The van der Waals surface area contributed by atoms with Crippen LogP contribution in [0.25, 0.3) is 5.57 Å². The normalized spacial score (nSPS) is 16.2. The third-order valence-corrected chi connectivity index (χ3v) is 6.71. The maximum absolute atomic E-state index is 13.5. The number of amides is 2. The minimum Gasteiger partial charge on any atom is -0.362 e. The molecule has 0 saturated heterocycles. The summed E-state index contributed by atoms with van der Waals surface area (Å²) in [5.74, 6) is -0.340. The zero-order valence-electron chi connectivity index (χ0n) is 18.8. The van der Waals surface area contributed by atoms with Gasteiger partial charge in [-0.15, -0.1) is 0 Å². The minimum atomic E-state index is -0.181. The average Bonchev–Trinajstić information content (AvgIpc) is 3.06. The molecule has 5 heteroatoms. The molecule has 0 radical (unpaired) electrons. The van der Waals surface area contributed by atoms with Crippen LogP contribution >= 0.6 is 11.6 Å². The molecule has 0 bridgehead atoms. The highest BCUT2D eigenvalue weighted by Gasteiger charge is 2.41. The van der Waals surface area contributed by atoms with Crippen molar-refractivity contribution in [1.82, 2.24) is 9.80 Å². The zero-order valence-corrected chi connectivity index (χ0v) is 19.5. The fraction of sp³-hybridized carbons (Fsp3) is 0.407. The van der Waals surface area contributed by atoms with Crippen molar-refractivity contribution < 1.29 is 9.59 Å². The molecule has 2 aliphatic rings. The molecule has 0 unspecified atom stereocenters. The van der Waals surface area contributed by atoms with Crippen molar-refractivity contribution in [3.63, 3.8) is 0 Å². The Morgan fingerprint density at radius 1 is 0.844 bits per heavy atom. The second kappa shape index (κ2) is 10.4. The topological polar surface area (TPSA) is 40.6 Å². The van der Waals surface area contributed by atoms with Gasteiger partial charge in [0.05, 0.1) is 5.57 Å². The van der Waals surface area contributed by atoms with E-state index in [0.29, 0.717) is 29.4 Å². The molecule has 2 aliphatic heterocycles. The SMILES string of the molecule is CCCCCCCCN1C(=O)C(c2ccc(Cl)cc2)=C(N2CCc3ccccc3C2)C1=O. The van der Waals surface area contributed by atoms with Crippen LogP contribution in [0, 0.1) is 0 Å². The smallest absolute Gasteiger partial charge is 0.277 e. The van der Waals surface area contributed by atoms with Crippen LogP contribution in [-0.2, 0) is 22.6 Å². The molecule has 2 heterocycles. The predicted molar refractivity (Wildman–Crippen MR) is 129 cm³/mol. The Morgan fingerprint density at radius 3 is 2.28 bits per heavy atom. The summed E-state index contributed by atoms with van der Waals surface area (Å²) in [6, 6.07) is 15.6. The molecule has 0 spiro atoms. The van der Waals surface area contributed by atoms with Gasteiger partial charge in [0.15, 0.2) is 0 Å². The summed E-state index contributed by atoms with van der Waals surface area (Å²) in [7, 11) is 0. The molecule has 0 aliphatic carbocycles. The maximum Gasteiger partial charge on any atom is 0.277 e. The largest absolute Gasteiger partial charge is 0.362 e. The molecule has 2 amide bonds. The number of carbonyl (C=O) groups excluding carboxylic acids is 2. The fourth-order valence-electron chi connectivity index (χ4n) is 4.67. The number of hydrogen-bond acceptors (Lipinski definition) is 3. The number of fused-ring (bicyclic) bond motifs is 1. The number of hydrogen-bond donors (Lipinski definition) is 0. The Labute approximate surface area is 195 Å². The Balaban J connectivity index is 1.58. The van der Waals surface area contributed by atoms with Crippen molar-refractivity contribution in [3.8, 4) is 0 Å². The Morgan fingerprint density at radius 2 is 1.53 bits per heavy atom. The van der Waals surface area contributed by atoms with E-state index in [1.807, 2.05) is 18.2 Å². The van der Waals surface area contributed by atoms with Crippen molar-refractivity contribution >= 4 is 29.0 Å². The number of nitrogens with zero attached hydrogens (tertiary/aromatic N) is 2. The summed E-state index contributed by atoms with van der Waals surface area (Å²) in [6.07, 6.45) is 7.57. The Kier molecular flexibility index (Phi) is 7.31. The van der Waals surface area contributed by atoms with Crippen LogP contribution in [0.1, 0.15) is 62.1 Å². The van der Waals surface area contributed by atoms with Gasteiger partial charge in [0.1, 0.15) is 5.70 Å². The molecular weight excluding hydrogens is 420 g/mol.